The Labute approximate surface area is 116 Å². The Kier molecular flexibility index (Phi) is 6.00. The van der Waals surface area contributed by atoms with Crippen molar-refractivity contribution in [3.63, 3.8) is 0 Å². The highest BCUT2D eigenvalue weighted by molar-refractivity contribution is 5.42. The van der Waals surface area contributed by atoms with E-state index in [1.165, 1.54) is 7.05 Å². The molecule has 0 aliphatic heterocycles. The van der Waals surface area contributed by atoms with Gasteiger partial charge in [0.05, 0.1) is 0 Å². The average Bonchev–Trinajstić information content (AvgIpc) is 2.42. The number of aromatic nitrogens is 2. The van der Waals surface area contributed by atoms with Gasteiger partial charge in [-0.2, -0.15) is 18.2 Å². The third kappa shape index (κ3) is 4.84. The number of hydrogen-bond donors (Lipinski definition) is 2. The van der Waals surface area contributed by atoms with Gasteiger partial charge < -0.3 is 15.5 Å². The molecule has 0 aliphatic rings. The van der Waals surface area contributed by atoms with Gasteiger partial charge in [-0.3, -0.25) is 0 Å². The molecule has 20 heavy (non-hydrogen) atoms. The summed E-state index contributed by atoms with van der Waals surface area (Å²) in [6.07, 6.45) is -4.48. The van der Waals surface area contributed by atoms with Crippen molar-refractivity contribution < 1.29 is 13.2 Å². The SMILES string of the molecule is CCN(CC)CCNc1cc(C(F)(F)F)nc(NC)n1. The Morgan fingerprint density at radius 3 is 2.35 bits per heavy atom. The Bertz CT molecular complexity index is 418. The predicted molar refractivity (Wildman–Crippen MR) is 72.9 cm³/mol. The molecular weight excluding hydrogens is 271 g/mol. The summed E-state index contributed by atoms with van der Waals surface area (Å²) < 4.78 is 38.1. The minimum absolute atomic E-state index is 0.0508. The van der Waals surface area contributed by atoms with Gasteiger partial charge in [-0.25, -0.2) is 4.98 Å². The fourth-order valence-corrected chi connectivity index (χ4v) is 1.68. The molecule has 0 saturated heterocycles. The van der Waals surface area contributed by atoms with Crippen molar-refractivity contribution in [2.75, 3.05) is 43.9 Å². The molecule has 0 saturated carbocycles. The molecule has 0 aromatic carbocycles. The molecule has 1 heterocycles. The Hall–Kier alpha value is -1.57. The van der Waals surface area contributed by atoms with Crippen molar-refractivity contribution in [1.29, 1.82) is 0 Å². The highest BCUT2D eigenvalue weighted by atomic mass is 19.4. The molecule has 0 aliphatic carbocycles. The van der Waals surface area contributed by atoms with E-state index in [2.05, 4.69) is 25.5 Å². The first-order chi connectivity index (χ1) is 9.40. The van der Waals surface area contributed by atoms with E-state index in [0.29, 0.717) is 6.54 Å². The highest BCUT2D eigenvalue weighted by Gasteiger charge is 2.33. The summed E-state index contributed by atoms with van der Waals surface area (Å²) in [4.78, 5) is 9.53. The van der Waals surface area contributed by atoms with E-state index in [4.69, 9.17) is 0 Å². The van der Waals surface area contributed by atoms with Crippen LogP contribution in [0.1, 0.15) is 19.5 Å². The summed E-state index contributed by atoms with van der Waals surface area (Å²) in [5.41, 5.74) is -0.956. The van der Waals surface area contributed by atoms with Crippen LogP contribution in [0.5, 0.6) is 0 Å². The number of hydrogen-bond acceptors (Lipinski definition) is 5. The maximum absolute atomic E-state index is 12.7. The van der Waals surface area contributed by atoms with Crippen LogP contribution in [0.2, 0.25) is 0 Å². The lowest BCUT2D eigenvalue weighted by Crippen LogP contribution is -2.29. The van der Waals surface area contributed by atoms with Crippen LogP contribution in [0.15, 0.2) is 6.07 Å². The van der Waals surface area contributed by atoms with E-state index >= 15 is 0 Å². The Morgan fingerprint density at radius 1 is 1.20 bits per heavy atom. The predicted octanol–water partition coefficient (Wildman–Crippen LogP) is 2.29. The molecule has 1 aromatic heterocycles. The van der Waals surface area contributed by atoms with Crippen LogP contribution >= 0.6 is 0 Å². The summed E-state index contributed by atoms with van der Waals surface area (Å²) in [6.45, 7) is 7.14. The number of likely N-dealkylation sites (N-methyl/N-ethyl adjacent to an activating group) is 1. The summed E-state index contributed by atoms with van der Waals surface area (Å²) in [5.74, 6) is 0.119. The Balaban J connectivity index is 2.74. The lowest BCUT2D eigenvalue weighted by atomic mass is 10.3. The quantitative estimate of drug-likeness (QED) is 0.807. The van der Waals surface area contributed by atoms with Crippen LogP contribution in [-0.4, -0.2) is 48.1 Å². The normalized spacial score (nSPS) is 11.8. The first-order valence-corrected chi connectivity index (χ1v) is 6.51. The summed E-state index contributed by atoms with van der Waals surface area (Å²) in [7, 11) is 1.48. The maximum atomic E-state index is 12.7. The lowest BCUT2D eigenvalue weighted by Gasteiger charge is -2.18. The van der Waals surface area contributed by atoms with Crippen molar-refractivity contribution >= 4 is 11.8 Å². The van der Waals surface area contributed by atoms with E-state index in [0.717, 1.165) is 25.7 Å². The topological polar surface area (TPSA) is 53.1 Å². The van der Waals surface area contributed by atoms with E-state index in [1.807, 2.05) is 13.8 Å². The number of nitrogens with zero attached hydrogens (tertiary/aromatic N) is 3. The van der Waals surface area contributed by atoms with Crippen LogP contribution in [0.25, 0.3) is 0 Å². The molecule has 1 aromatic rings. The van der Waals surface area contributed by atoms with E-state index in [9.17, 15) is 13.2 Å². The van der Waals surface area contributed by atoms with Crippen molar-refractivity contribution in [2.24, 2.45) is 0 Å². The van der Waals surface area contributed by atoms with Crippen LogP contribution < -0.4 is 10.6 Å². The van der Waals surface area contributed by atoms with Crippen LogP contribution in [0.4, 0.5) is 24.9 Å². The molecular formula is C12H20F3N5. The average molecular weight is 291 g/mol. The number of alkyl halides is 3. The maximum Gasteiger partial charge on any atom is 0.433 e. The molecule has 0 unspecified atom stereocenters. The molecule has 8 heteroatoms. The molecule has 0 atom stereocenters. The van der Waals surface area contributed by atoms with E-state index in [1.54, 1.807) is 0 Å². The largest absolute Gasteiger partial charge is 0.433 e. The first-order valence-electron chi connectivity index (χ1n) is 6.51. The third-order valence-corrected chi connectivity index (χ3v) is 2.87. The van der Waals surface area contributed by atoms with E-state index in [-0.39, 0.29) is 11.8 Å². The first kappa shape index (κ1) is 16.5. The molecule has 0 radical (unpaired) electrons. The van der Waals surface area contributed by atoms with Gasteiger partial charge in [-0.05, 0) is 13.1 Å². The van der Waals surface area contributed by atoms with Crippen LogP contribution in [-0.2, 0) is 6.18 Å². The zero-order valence-electron chi connectivity index (χ0n) is 11.9. The van der Waals surface area contributed by atoms with Gasteiger partial charge in [-0.15, -0.1) is 0 Å². The second-order valence-corrected chi connectivity index (χ2v) is 4.16. The molecule has 0 fully saturated rings. The number of anilines is 2. The standard InChI is InChI=1S/C12H20F3N5/c1-4-20(5-2)7-6-17-10-8-9(12(13,14)15)18-11(16-3)19-10/h8H,4-7H2,1-3H3,(H2,16,17,18,19). The minimum Gasteiger partial charge on any atom is -0.369 e. The smallest absolute Gasteiger partial charge is 0.369 e. The zero-order chi connectivity index (χ0) is 15.2. The van der Waals surface area contributed by atoms with Crippen molar-refractivity contribution in [3.8, 4) is 0 Å². The van der Waals surface area contributed by atoms with Crippen molar-refractivity contribution in [3.05, 3.63) is 11.8 Å². The van der Waals surface area contributed by atoms with Gasteiger partial charge in [-0.1, -0.05) is 13.8 Å². The molecule has 2 N–H and O–H groups in total. The van der Waals surface area contributed by atoms with E-state index < -0.39 is 11.9 Å². The summed E-state index contributed by atoms with van der Waals surface area (Å²) >= 11 is 0. The van der Waals surface area contributed by atoms with Gasteiger partial charge in [0, 0.05) is 26.2 Å². The van der Waals surface area contributed by atoms with Gasteiger partial charge in [0.25, 0.3) is 0 Å². The zero-order valence-corrected chi connectivity index (χ0v) is 11.9. The number of nitrogens with one attached hydrogen (secondary N) is 2. The van der Waals surface area contributed by atoms with Crippen molar-refractivity contribution in [1.82, 2.24) is 14.9 Å². The summed E-state index contributed by atoms with van der Waals surface area (Å²) in [5, 5.41) is 5.43. The lowest BCUT2D eigenvalue weighted by molar-refractivity contribution is -0.141. The molecule has 0 amide bonds. The number of rotatable bonds is 7. The second-order valence-electron chi connectivity index (χ2n) is 4.16. The van der Waals surface area contributed by atoms with Crippen LogP contribution in [0, 0.1) is 0 Å². The molecule has 114 valence electrons. The van der Waals surface area contributed by atoms with Gasteiger partial charge in [0.15, 0.2) is 5.69 Å². The third-order valence-electron chi connectivity index (χ3n) is 2.87. The minimum atomic E-state index is -4.48. The fourth-order valence-electron chi connectivity index (χ4n) is 1.68. The molecule has 1 rings (SSSR count). The van der Waals surface area contributed by atoms with Crippen LogP contribution in [0.3, 0.4) is 0 Å². The second kappa shape index (κ2) is 7.28. The van der Waals surface area contributed by atoms with Gasteiger partial charge in [0.1, 0.15) is 5.82 Å². The monoisotopic (exact) mass is 291 g/mol. The molecule has 0 spiro atoms. The molecule has 5 nitrogen and oxygen atoms in total. The van der Waals surface area contributed by atoms with Crippen molar-refractivity contribution in [2.45, 2.75) is 20.0 Å². The summed E-state index contributed by atoms with van der Waals surface area (Å²) in [6, 6.07) is 0.920. The van der Waals surface area contributed by atoms with Gasteiger partial charge >= 0.3 is 6.18 Å². The Morgan fingerprint density at radius 2 is 1.85 bits per heavy atom. The molecule has 0 bridgehead atoms. The highest BCUT2D eigenvalue weighted by Crippen LogP contribution is 2.29. The number of halogens is 3. The van der Waals surface area contributed by atoms with Gasteiger partial charge in [0.2, 0.25) is 5.95 Å². The fraction of sp³-hybridized carbons (Fsp3) is 0.667.